The number of carbonyl (C=O) groups is 1. The number of hydrogen-bond donors (Lipinski definition) is 1. The topological polar surface area (TPSA) is 68.9 Å². The molecule has 0 fully saturated rings. The number of primary amides is 1. The quantitative estimate of drug-likeness (QED) is 0.768. The molecule has 0 radical (unpaired) electrons. The first-order valence-electron chi connectivity index (χ1n) is 4.12. The minimum atomic E-state index is -0.582. The number of amides is 1. The highest BCUT2D eigenvalue weighted by molar-refractivity contribution is 7.16. The first kappa shape index (κ1) is 9.08. The molecule has 0 spiro atoms. The Hall–Kier alpha value is -1.49. The molecule has 14 heavy (non-hydrogen) atoms. The van der Waals surface area contributed by atoms with E-state index in [1.165, 1.54) is 11.3 Å². The number of hydrogen-bond acceptors (Lipinski definition) is 4. The molecule has 0 aliphatic rings. The lowest BCUT2D eigenvalue weighted by atomic mass is 10.2. The molecule has 2 rings (SSSR count). The zero-order valence-corrected chi connectivity index (χ0v) is 8.68. The summed E-state index contributed by atoms with van der Waals surface area (Å²) in [5.74, 6) is -0.488. The van der Waals surface area contributed by atoms with Crippen LogP contribution >= 0.6 is 11.3 Å². The van der Waals surface area contributed by atoms with Gasteiger partial charge in [0.15, 0.2) is 0 Å². The van der Waals surface area contributed by atoms with E-state index in [0.717, 1.165) is 21.5 Å². The average Bonchev–Trinajstić information content (AvgIpc) is 2.48. The molecule has 2 aromatic heterocycles. The molecule has 72 valence electrons. The lowest BCUT2D eigenvalue weighted by Crippen LogP contribution is -2.15. The molecule has 0 aliphatic heterocycles. The summed E-state index contributed by atoms with van der Waals surface area (Å²) in [7, 11) is 0. The van der Waals surface area contributed by atoms with Gasteiger partial charge in [0, 0.05) is 5.39 Å². The molecule has 0 saturated carbocycles. The lowest BCUT2D eigenvalue weighted by molar-refractivity contribution is 0.0990. The zero-order chi connectivity index (χ0) is 10.3. The summed E-state index contributed by atoms with van der Waals surface area (Å²) in [4.78, 5) is 19.9. The summed E-state index contributed by atoms with van der Waals surface area (Å²) in [6.45, 7) is 3.86. The van der Waals surface area contributed by atoms with Crippen LogP contribution < -0.4 is 5.73 Å². The van der Waals surface area contributed by atoms with Gasteiger partial charge < -0.3 is 5.73 Å². The second kappa shape index (κ2) is 3.02. The summed E-state index contributed by atoms with van der Waals surface area (Å²) in [5, 5.41) is 3.02. The van der Waals surface area contributed by atoms with Crippen LogP contribution in [0.15, 0.2) is 5.38 Å². The van der Waals surface area contributed by atoms with Crippen molar-refractivity contribution < 1.29 is 4.79 Å². The van der Waals surface area contributed by atoms with E-state index in [0.29, 0.717) is 0 Å². The maximum Gasteiger partial charge on any atom is 0.286 e. The van der Waals surface area contributed by atoms with Gasteiger partial charge in [-0.15, -0.1) is 11.3 Å². The zero-order valence-electron chi connectivity index (χ0n) is 7.87. The smallest absolute Gasteiger partial charge is 0.286 e. The Kier molecular flexibility index (Phi) is 1.96. The van der Waals surface area contributed by atoms with E-state index in [1.54, 1.807) is 0 Å². The van der Waals surface area contributed by atoms with Gasteiger partial charge in [-0.3, -0.25) is 4.79 Å². The Labute approximate surface area is 84.8 Å². The molecule has 2 aromatic rings. The number of aromatic nitrogens is 2. The Morgan fingerprint density at radius 3 is 2.79 bits per heavy atom. The highest BCUT2D eigenvalue weighted by Crippen LogP contribution is 2.25. The highest BCUT2D eigenvalue weighted by Gasteiger charge is 2.11. The maximum absolute atomic E-state index is 10.9. The summed E-state index contributed by atoms with van der Waals surface area (Å²) < 4.78 is 0. The SMILES string of the molecule is Cc1csc2nc(C(N)=O)nc(C)c12. The van der Waals surface area contributed by atoms with Crippen molar-refractivity contribution in [1.82, 2.24) is 9.97 Å². The molecule has 4 nitrogen and oxygen atoms in total. The molecule has 0 aromatic carbocycles. The second-order valence-electron chi connectivity index (χ2n) is 3.10. The van der Waals surface area contributed by atoms with Crippen molar-refractivity contribution in [1.29, 1.82) is 0 Å². The predicted molar refractivity (Wildman–Crippen MR) is 55.4 cm³/mol. The first-order valence-corrected chi connectivity index (χ1v) is 5.00. The molecular formula is C9H9N3OS. The van der Waals surface area contributed by atoms with Gasteiger partial charge in [0.05, 0.1) is 5.69 Å². The number of aryl methyl sites for hydroxylation is 2. The summed E-state index contributed by atoms with van der Waals surface area (Å²) in [6.07, 6.45) is 0. The van der Waals surface area contributed by atoms with Crippen LogP contribution in [-0.4, -0.2) is 15.9 Å². The monoisotopic (exact) mass is 207 g/mol. The van der Waals surface area contributed by atoms with Crippen LogP contribution in [0.4, 0.5) is 0 Å². The van der Waals surface area contributed by atoms with Crippen molar-refractivity contribution in [2.45, 2.75) is 13.8 Å². The molecular weight excluding hydrogens is 198 g/mol. The van der Waals surface area contributed by atoms with Gasteiger partial charge in [-0.2, -0.15) is 0 Å². The maximum atomic E-state index is 10.9. The highest BCUT2D eigenvalue weighted by atomic mass is 32.1. The molecule has 0 unspecified atom stereocenters. The number of carbonyl (C=O) groups excluding carboxylic acids is 1. The van der Waals surface area contributed by atoms with E-state index in [1.807, 2.05) is 19.2 Å². The van der Waals surface area contributed by atoms with Crippen molar-refractivity contribution >= 4 is 27.5 Å². The van der Waals surface area contributed by atoms with Crippen LogP contribution in [0.5, 0.6) is 0 Å². The molecule has 2 N–H and O–H groups in total. The van der Waals surface area contributed by atoms with E-state index in [9.17, 15) is 4.79 Å². The molecule has 1 amide bonds. The first-order chi connectivity index (χ1) is 6.59. The van der Waals surface area contributed by atoms with Crippen LogP contribution in [0, 0.1) is 13.8 Å². The normalized spacial score (nSPS) is 10.7. The van der Waals surface area contributed by atoms with Crippen LogP contribution in [0.3, 0.4) is 0 Å². The number of nitrogens with zero attached hydrogens (tertiary/aromatic N) is 2. The Balaban J connectivity index is 2.80. The molecule has 2 heterocycles. The third kappa shape index (κ3) is 1.26. The van der Waals surface area contributed by atoms with E-state index in [2.05, 4.69) is 9.97 Å². The molecule has 0 aliphatic carbocycles. The fourth-order valence-corrected chi connectivity index (χ4v) is 2.37. The second-order valence-corrected chi connectivity index (χ2v) is 3.95. The predicted octanol–water partition coefficient (Wildman–Crippen LogP) is 1.41. The number of thiophene rings is 1. The average molecular weight is 207 g/mol. The summed E-state index contributed by atoms with van der Waals surface area (Å²) in [5.41, 5.74) is 7.07. The fourth-order valence-electron chi connectivity index (χ4n) is 1.40. The van der Waals surface area contributed by atoms with Crippen molar-refractivity contribution in [2.75, 3.05) is 0 Å². The Bertz CT molecular complexity index is 518. The Morgan fingerprint density at radius 2 is 2.14 bits per heavy atom. The Morgan fingerprint density at radius 1 is 1.43 bits per heavy atom. The van der Waals surface area contributed by atoms with Crippen molar-refractivity contribution in [3.8, 4) is 0 Å². The van der Waals surface area contributed by atoms with Crippen molar-refractivity contribution in [3.05, 3.63) is 22.5 Å². The van der Waals surface area contributed by atoms with E-state index in [-0.39, 0.29) is 5.82 Å². The lowest BCUT2D eigenvalue weighted by Gasteiger charge is -1.99. The molecule has 0 atom stereocenters. The van der Waals surface area contributed by atoms with Crippen LogP contribution in [0.1, 0.15) is 21.9 Å². The third-order valence-corrected chi connectivity index (χ3v) is 3.01. The number of fused-ring (bicyclic) bond motifs is 1. The van der Waals surface area contributed by atoms with Gasteiger partial charge in [-0.1, -0.05) is 0 Å². The number of rotatable bonds is 1. The molecule has 0 saturated heterocycles. The van der Waals surface area contributed by atoms with Crippen LogP contribution in [-0.2, 0) is 0 Å². The van der Waals surface area contributed by atoms with Gasteiger partial charge in [0.25, 0.3) is 5.91 Å². The minimum Gasteiger partial charge on any atom is -0.363 e. The standard InChI is InChI=1S/C9H9N3OS/c1-4-3-14-9-6(4)5(2)11-8(12-9)7(10)13/h3H,1-2H3,(H2,10,13). The van der Waals surface area contributed by atoms with Crippen molar-refractivity contribution in [3.63, 3.8) is 0 Å². The van der Waals surface area contributed by atoms with Gasteiger partial charge in [0.2, 0.25) is 5.82 Å². The van der Waals surface area contributed by atoms with Crippen LogP contribution in [0.2, 0.25) is 0 Å². The van der Waals surface area contributed by atoms with E-state index >= 15 is 0 Å². The van der Waals surface area contributed by atoms with E-state index in [4.69, 9.17) is 5.73 Å². The van der Waals surface area contributed by atoms with Crippen molar-refractivity contribution in [2.24, 2.45) is 5.73 Å². The summed E-state index contributed by atoms with van der Waals surface area (Å²) >= 11 is 1.50. The summed E-state index contributed by atoms with van der Waals surface area (Å²) in [6, 6.07) is 0. The number of nitrogens with two attached hydrogens (primary N) is 1. The van der Waals surface area contributed by atoms with Crippen LogP contribution in [0.25, 0.3) is 10.2 Å². The van der Waals surface area contributed by atoms with Gasteiger partial charge in [-0.25, -0.2) is 9.97 Å². The van der Waals surface area contributed by atoms with Gasteiger partial charge in [-0.05, 0) is 24.8 Å². The van der Waals surface area contributed by atoms with Gasteiger partial charge >= 0.3 is 0 Å². The largest absolute Gasteiger partial charge is 0.363 e. The fraction of sp³-hybridized carbons (Fsp3) is 0.222. The molecule has 5 heteroatoms. The van der Waals surface area contributed by atoms with E-state index < -0.39 is 5.91 Å². The van der Waals surface area contributed by atoms with Gasteiger partial charge in [0.1, 0.15) is 4.83 Å². The third-order valence-electron chi connectivity index (χ3n) is 2.02. The molecule has 0 bridgehead atoms. The minimum absolute atomic E-state index is 0.0943.